The lowest BCUT2D eigenvalue weighted by molar-refractivity contribution is -0.148. The van der Waals surface area contributed by atoms with Crippen LogP contribution in [-0.2, 0) is 24.1 Å². The Morgan fingerprint density at radius 1 is 1.10 bits per heavy atom. The molecule has 4 heteroatoms. The topological polar surface area (TPSA) is 37.3 Å². The van der Waals surface area contributed by atoms with Gasteiger partial charge in [0.25, 0.3) is 0 Å². The molecule has 0 aromatic heterocycles. The molecule has 0 heterocycles. The van der Waals surface area contributed by atoms with Crippen LogP contribution in [0.2, 0.25) is 0 Å². The maximum atomic E-state index is 13.8. The number of carbonyl (C=O) groups is 1. The minimum Gasteiger partial charge on any atom is -0.481 e. The van der Waals surface area contributed by atoms with Crippen molar-refractivity contribution in [3.8, 4) is 0 Å². The van der Waals surface area contributed by atoms with Crippen LogP contribution in [0.15, 0.2) is 42.5 Å². The summed E-state index contributed by atoms with van der Waals surface area (Å²) in [4.78, 5) is 11.8. The minimum absolute atomic E-state index is 0.0587. The van der Waals surface area contributed by atoms with Gasteiger partial charge in [0.15, 0.2) is 0 Å². The summed E-state index contributed by atoms with van der Waals surface area (Å²) in [5, 5.41) is 9.65. The molecule has 0 saturated heterocycles. The van der Waals surface area contributed by atoms with Crippen molar-refractivity contribution in [2.45, 2.75) is 19.3 Å². The third kappa shape index (κ3) is 2.42. The molecule has 2 nitrogen and oxygen atoms in total. The van der Waals surface area contributed by atoms with E-state index in [0.29, 0.717) is 12.8 Å². The second kappa shape index (κ2) is 4.95. The molecular weight excluding hydrogens is 274 g/mol. The van der Waals surface area contributed by atoms with E-state index in [1.54, 1.807) is 0 Å². The molecular formula is C17H14F2O2. The number of carboxylic acids is 1. The van der Waals surface area contributed by atoms with Crippen molar-refractivity contribution in [2.24, 2.45) is 5.41 Å². The van der Waals surface area contributed by atoms with Crippen LogP contribution in [0.1, 0.15) is 16.7 Å². The Labute approximate surface area is 121 Å². The van der Waals surface area contributed by atoms with E-state index in [4.69, 9.17) is 0 Å². The SMILES string of the molecule is O=C(O)C1(Cc2ccc(F)cc2F)Cc2ccccc2C1. The second-order valence-corrected chi connectivity index (χ2v) is 5.62. The highest BCUT2D eigenvalue weighted by Crippen LogP contribution is 2.40. The Bertz CT molecular complexity index is 685. The predicted molar refractivity (Wildman–Crippen MR) is 74.0 cm³/mol. The van der Waals surface area contributed by atoms with Gasteiger partial charge in [-0.3, -0.25) is 4.79 Å². The van der Waals surface area contributed by atoms with E-state index in [0.717, 1.165) is 23.3 Å². The number of benzene rings is 2. The summed E-state index contributed by atoms with van der Waals surface area (Å²) in [7, 11) is 0. The molecule has 0 saturated carbocycles. The Balaban J connectivity index is 1.96. The molecule has 0 fully saturated rings. The summed E-state index contributed by atoms with van der Waals surface area (Å²) >= 11 is 0. The van der Waals surface area contributed by atoms with Crippen molar-refractivity contribution < 1.29 is 18.7 Å². The van der Waals surface area contributed by atoms with E-state index in [1.165, 1.54) is 6.07 Å². The molecule has 21 heavy (non-hydrogen) atoms. The van der Waals surface area contributed by atoms with Gasteiger partial charge >= 0.3 is 5.97 Å². The average Bonchev–Trinajstić information content (AvgIpc) is 2.81. The number of hydrogen-bond acceptors (Lipinski definition) is 1. The average molecular weight is 288 g/mol. The number of fused-ring (bicyclic) bond motifs is 1. The van der Waals surface area contributed by atoms with Gasteiger partial charge in [0.1, 0.15) is 11.6 Å². The molecule has 0 atom stereocenters. The highest BCUT2D eigenvalue weighted by molar-refractivity contribution is 5.77. The molecule has 3 rings (SSSR count). The fourth-order valence-electron chi connectivity index (χ4n) is 3.08. The quantitative estimate of drug-likeness (QED) is 0.940. The van der Waals surface area contributed by atoms with Crippen molar-refractivity contribution in [1.82, 2.24) is 0 Å². The first kappa shape index (κ1) is 13.7. The maximum Gasteiger partial charge on any atom is 0.310 e. The summed E-state index contributed by atoms with van der Waals surface area (Å²) in [6, 6.07) is 10.8. The molecule has 1 aliphatic carbocycles. The lowest BCUT2D eigenvalue weighted by Gasteiger charge is -2.24. The third-order valence-corrected chi connectivity index (χ3v) is 4.17. The first-order valence-electron chi connectivity index (χ1n) is 6.74. The summed E-state index contributed by atoms with van der Waals surface area (Å²) in [6.45, 7) is 0. The van der Waals surface area contributed by atoms with Crippen LogP contribution < -0.4 is 0 Å². The fraction of sp³-hybridized carbons (Fsp3) is 0.235. The largest absolute Gasteiger partial charge is 0.481 e. The lowest BCUT2D eigenvalue weighted by Crippen LogP contribution is -2.34. The summed E-state index contributed by atoms with van der Waals surface area (Å²) in [5.41, 5.74) is 1.17. The summed E-state index contributed by atoms with van der Waals surface area (Å²) in [6.07, 6.45) is 0.799. The van der Waals surface area contributed by atoms with Crippen LogP contribution >= 0.6 is 0 Å². The van der Waals surface area contributed by atoms with Crippen molar-refractivity contribution in [3.05, 3.63) is 70.8 Å². The third-order valence-electron chi connectivity index (χ3n) is 4.17. The standard InChI is InChI=1S/C17H14F2O2/c18-14-6-5-13(15(19)7-14)10-17(16(20)21)8-11-3-1-2-4-12(11)9-17/h1-7H,8-10H2,(H,20,21). The highest BCUT2D eigenvalue weighted by Gasteiger charge is 2.44. The number of hydrogen-bond donors (Lipinski definition) is 1. The highest BCUT2D eigenvalue weighted by atomic mass is 19.1. The molecule has 0 radical (unpaired) electrons. The maximum absolute atomic E-state index is 13.8. The lowest BCUT2D eigenvalue weighted by atomic mass is 9.79. The Hall–Kier alpha value is -2.23. The van der Waals surface area contributed by atoms with Gasteiger partial charge in [-0.15, -0.1) is 0 Å². The Morgan fingerprint density at radius 3 is 2.24 bits per heavy atom. The van der Waals surface area contributed by atoms with Gasteiger partial charge in [-0.2, -0.15) is 0 Å². The van der Waals surface area contributed by atoms with Gasteiger partial charge < -0.3 is 5.11 Å². The fourth-order valence-corrected chi connectivity index (χ4v) is 3.08. The van der Waals surface area contributed by atoms with Crippen molar-refractivity contribution in [2.75, 3.05) is 0 Å². The normalized spacial score (nSPS) is 15.7. The zero-order valence-electron chi connectivity index (χ0n) is 11.3. The molecule has 1 aliphatic rings. The number of aliphatic carboxylic acids is 1. The molecule has 0 aliphatic heterocycles. The Morgan fingerprint density at radius 2 is 1.71 bits per heavy atom. The molecule has 1 N–H and O–H groups in total. The molecule has 2 aromatic carbocycles. The van der Waals surface area contributed by atoms with E-state index >= 15 is 0 Å². The molecule has 0 bridgehead atoms. The predicted octanol–water partition coefficient (Wildman–Crippen LogP) is 3.38. The van der Waals surface area contributed by atoms with Crippen LogP contribution in [0.5, 0.6) is 0 Å². The van der Waals surface area contributed by atoms with E-state index in [9.17, 15) is 18.7 Å². The van der Waals surface area contributed by atoms with Gasteiger partial charge in [0.2, 0.25) is 0 Å². The monoisotopic (exact) mass is 288 g/mol. The number of halogens is 2. The van der Waals surface area contributed by atoms with Crippen LogP contribution in [0.3, 0.4) is 0 Å². The molecule has 0 unspecified atom stereocenters. The van der Waals surface area contributed by atoms with Crippen molar-refractivity contribution in [3.63, 3.8) is 0 Å². The Kier molecular flexibility index (Phi) is 3.24. The van der Waals surface area contributed by atoms with E-state index in [2.05, 4.69) is 0 Å². The first-order chi connectivity index (χ1) is 10.00. The number of rotatable bonds is 3. The van der Waals surface area contributed by atoms with Crippen LogP contribution in [0.4, 0.5) is 8.78 Å². The van der Waals surface area contributed by atoms with Gasteiger partial charge in [0, 0.05) is 6.07 Å². The first-order valence-corrected chi connectivity index (χ1v) is 6.74. The molecule has 2 aromatic rings. The second-order valence-electron chi connectivity index (χ2n) is 5.62. The van der Waals surface area contributed by atoms with E-state index < -0.39 is 23.0 Å². The van der Waals surface area contributed by atoms with Gasteiger partial charge in [-0.05, 0) is 42.0 Å². The van der Waals surface area contributed by atoms with E-state index in [1.807, 2.05) is 24.3 Å². The summed E-state index contributed by atoms with van der Waals surface area (Å²) < 4.78 is 26.8. The molecule has 0 amide bonds. The van der Waals surface area contributed by atoms with E-state index in [-0.39, 0.29) is 12.0 Å². The zero-order chi connectivity index (χ0) is 15.0. The van der Waals surface area contributed by atoms with Crippen molar-refractivity contribution in [1.29, 1.82) is 0 Å². The van der Waals surface area contributed by atoms with Crippen LogP contribution in [0.25, 0.3) is 0 Å². The minimum atomic E-state index is -1.05. The van der Waals surface area contributed by atoms with Gasteiger partial charge in [0.05, 0.1) is 5.41 Å². The van der Waals surface area contributed by atoms with Crippen molar-refractivity contribution >= 4 is 5.97 Å². The number of carboxylic acid groups (broad SMARTS) is 1. The molecule has 0 spiro atoms. The van der Waals surface area contributed by atoms with Crippen LogP contribution in [-0.4, -0.2) is 11.1 Å². The van der Waals surface area contributed by atoms with Crippen LogP contribution in [0, 0.1) is 17.0 Å². The molecule has 108 valence electrons. The summed E-state index contributed by atoms with van der Waals surface area (Å²) in [5.74, 6) is -2.29. The zero-order valence-corrected chi connectivity index (χ0v) is 11.3. The smallest absolute Gasteiger partial charge is 0.310 e. The van der Waals surface area contributed by atoms with Gasteiger partial charge in [-0.25, -0.2) is 8.78 Å². The van der Waals surface area contributed by atoms with Gasteiger partial charge in [-0.1, -0.05) is 30.3 Å².